The van der Waals surface area contributed by atoms with Crippen molar-refractivity contribution in [2.45, 2.75) is 44.6 Å². The molecule has 1 aromatic carbocycles. The molecule has 1 aliphatic heterocycles. The number of hydrogen-bond donors (Lipinski definition) is 1. The fourth-order valence-corrected chi connectivity index (χ4v) is 3.23. The zero-order valence-corrected chi connectivity index (χ0v) is 9.65. The van der Waals surface area contributed by atoms with Crippen LogP contribution in [0.15, 0.2) is 18.2 Å². The predicted molar refractivity (Wildman–Crippen MR) is 66.0 cm³/mol. The van der Waals surface area contributed by atoms with Crippen molar-refractivity contribution in [2.75, 3.05) is 11.4 Å². The van der Waals surface area contributed by atoms with Crippen LogP contribution in [0.2, 0.25) is 0 Å². The summed E-state index contributed by atoms with van der Waals surface area (Å²) in [5.74, 6) is 0.486. The Hall–Kier alpha value is -1.18. The van der Waals surface area contributed by atoms with E-state index in [-0.39, 0.29) is 0 Å². The SMILES string of the molecule is Oc1cccc2c1CCCN2C1CCCC1. The molecule has 3 rings (SSSR count). The molecule has 86 valence electrons. The monoisotopic (exact) mass is 217 g/mol. The largest absolute Gasteiger partial charge is 0.508 e. The second-order valence-electron chi connectivity index (χ2n) is 5.01. The number of fused-ring (bicyclic) bond motifs is 1. The maximum absolute atomic E-state index is 9.89. The van der Waals surface area contributed by atoms with E-state index in [0.717, 1.165) is 12.5 Å². The van der Waals surface area contributed by atoms with Gasteiger partial charge in [-0.05, 0) is 37.8 Å². The van der Waals surface area contributed by atoms with Gasteiger partial charge in [0.25, 0.3) is 0 Å². The minimum Gasteiger partial charge on any atom is -0.508 e. The summed E-state index contributed by atoms with van der Waals surface area (Å²) in [6, 6.07) is 6.69. The molecule has 1 N–H and O–H groups in total. The smallest absolute Gasteiger partial charge is 0.120 e. The minimum absolute atomic E-state index is 0.486. The van der Waals surface area contributed by atoms with Crippen molar-refractivity contribution in [2.24, 2.45) is 0 Å². The van der Waals surface area contributed by atoms with Crippen molar-refractivity contribution in [1.82, 2.24) is 0 Å². The Balaban J connectivity index is 1.96. The number of hydrogen-bond acceptors (Lipinski definition) is 2. The molecule has 1 aliphatic carbocycles. The molecule has 2 heteroatoms. The van der Waals surface area contributed by atoms with Crippen LogP contribution in [0.1, 0.15) is 37.7 Å². The molecule has 1 heterocycles. The number of benzene rings is 1. The highest BCUT2D eigenvalue weighted by Gasteiger charge is 2.27. The molecule has 0 radical (unpaired) electrons. The number of phenolic OH excluding ortho intramolecular Hbond substituents is 1. The summed E-state index contributed by atoms with van der Waals surface area (Å²) in [5.41, 5.74) is 2.46. The molecule has 1 fully saturated rings. The molecule has 0 spiro atoms. The van der Waals surface area contributed by atoms with Gasteiger partial charge < -0.3 is 10.0 Å². The maximum Gasteiger partial charge on any atom is 0.120 e. The molecule has 0 bridgehead atoms. The van der Waals surface area contributed by atoms with E-state index in [9.17, 15) is 5.11 Å². The van der Waals surface area contributed by atoms with Crippen molar-refractivity contribution in [1.29, 1.82) is 0 Å². The minimum atomic E-state index is 0.486. The van der Waals surface area contributed by atoms with E-state index < -0.39 is 0 Å². The zero-order chi connectivity index (χ0) is 11.0. The highest BCUT2D eigenvalue weighted by molar-refractivity contribution is 5.61. The van der Waals surface area contributed by atoms with Gasteiger partial charge in [-0.25, -0.2) is 0 Å². The van der Waals surface area contributed by atoms with Crippen molar-refractivity contribution in [3.63, 3.8) is 0 Å². The van der Waals surface area contributed by atoms with Crippen molar-refractivity contribution in [3.8, 4) is 5.75 Å². The van der Waals surface area contributed by atoms with Crippen LogP contribution in [-0.4, -0.2) is 17.7 Å². The Bertz CT molecular complexity index is 382. The first-order valence-electron chi connectivity index (χ1n) is 6.44. The molecule has 0 unspecified atom stereocenters. The van der Waals surface area contributed by atoms with E-state index in [1.54, 1.807) is 0 Å². The Kier molecular flexibility index (Phi) is 2.50. The maximum atomic E-state index is 9.89. The lowest BCUT2D eigenvalue weighted by molar-refractivity contribution is 0.461. The van der Waals surface area contributed by atoms with Crippen LogP contribution in [0.25, 0.3) is 0 Å². The molecule has 1 saturated carbocycles. The first-order valence-corrected chi connectivity index (χ1v) is 6.44. The standard InChI is InChI=1S/C14H19NO/c16-14-9-3-8-13-12(14)7-4-10-15(13)11-5-1-2-6-11/h3,8-9,11,16H,1-2,4-7,10H2. The second-order valence-corrected chi connectivity index (χ2v) is 5.01. The Morgan fingerprint density at radius 2 is 1.94 bits per heavy atom. The lowest BCUT2D eigenvalue weighted by Gasteiger charge is -2.36. The highest BCUT2D eigenvalue weighted by atomic mass is 16.3. The summed E-state index contributed by atoms with van der Waals surface area (Å²) in [6.07, 6.45) is 7.61. The summed E-state index contributed by atoms with van der Waals surface area (Å²) in [4.78, 5) is 2.53. The Labute approximate surface area is 96.9 Å². The predicted octanol–water partition coefficient (Wildman–Crippen LogP) is 3.09. The molecule has 2 aliphatic rings. The molecule has 0 aromatic heterocycles. The van der Waals surface area contributed by atoms with Crippen LogP contribution >= 0.6 is 0 Å². The molecule has 0 atom stereocenters. The summed E-state index contributed by atoms with van der Waals surface area (Å²) < 4.78 is 0. The number of aromatic hydroxyl groups is 1. The Morgan fingerprint density at radius 1 is 1.12 bits per heavy atom. The summed E-state index contributed by atoms with van der Waals surface area (Å²) >= 11 is 0. The molecule has 0 amide bonds. The van der Waals surface area contributed by atoms with Gasteiger partial charge in [-0.2, -0.15) is 0 Å². The lowest BCUT2D eigenvalue weighted by atomic mass is 9.98. The van der Waals surface area contributed by atoms with Crippen LogP contribution in [0.3, 0.4) is 0 Å². The van der Waals surface area contributed by atoms with E-state index >= 15 is 0 Å². The topological polar surface area (TPSA) is 23.5 Å². The molecule has 1 aromatic rings. The average molecular weight is 217 g/mol. The van der Waals surface area contributed by atoms with Crippen LogP contribution in [-0.2, 0) is 6.42 Å². The quantitative estimate of drug-likeness (QED) is 0.781. The fourth-order valence-electron chi connectivity index (χ4n) is 3.23. The zero-order valence-electron chi connectivity index (χ0n) is 9.65. The first-order chi connectivity index (χ1) is 7.86. The van der Waals surface area contributed by atoms with E-state index in [4.69, 9.17) is 0 Å². The van der Waals surface area contributed by atoms with Crippen LogP contribution in [0.5, 0.6) is 5.75 Å². The lowest BCUT2D eigenvalue weighted by Crippen LogP contribution is -2.37. The Morgan fingerprint density at radius 3 is 2.75 bits per heavy atom. The van der Waals surface area contributed by atoms with Crippen molar-refractivity contribution in [3.05, 3.63) is 23.8 Å². The number of nitrogens with zero attached hydrogens (tertiary/aromatic N) is 1. The molecular formula is C14H19NO. The van der Waals surface area contributed by atoms with E-state index in [2.05, 4.69) is 11.0 Å². The van der Waals surface area contributed by atoms with Crippen molar-refractivity contribution >= 4 is 5.69 Å². The number of rotatable bonds is 1. The van der Waals surface area contributed by atoms with Gasteiger partial charge in [0.05, 0.1) is 0 Å². The van der Waals surface area contributed by atoms with Gasteiger partial charge in [-0.1, -0.05) is 18.9 Å². The third-order valence-corrected chi connectivity index (χ3v) is 4.03. The van der Waals surface area contributed by atoms with Gasteiger partial charge in [0.1, 0.15) is 5.75 Å². The average Bonchev–Trinajstić information content (AvgIpc) is 2.82. The van der Waals surface area contributed by atoms with E-state index in [0.29, 0.717) is 5.75 Å². The second kappa shape index (κ2) is 4.00. The van der Waals surface area contributed by atoms with Gasteiger partial charge in [0, 0.05) is 23.8 Å². The third-order valence-electron chi connectivity index (χ3n) is 4.03. The first kappa shape index (κ1) is 10.0. The number of anilines is 1. The van der Waals surface area contributed by atoms with Gasteiger partial charge in [0.2, 0.25) is 0 Å². The van der Waals surface area contributed by atoms with Gasteiger partial charge >= 0.3 is 0 Å². The van der Waals surface area contributed by atoms with E-state index in [1.807, 2.05) is 12.1 Å². The van der Waals surface area contributed by atoms with Gasteiger partial charge in [0.15, 0.2) is 0 Å². The molecular weight excluding hydrogens is 198 g/mol. The molecule has 2 nitrogen and oxygen atoms in total. The number of phenols is 1. The third kappa shape index (κ3) is 1.57. The molecule has 0 saturated heterocycles. The van der Waals surface area contributed by atoms with Crippen LogP contribution in [0.4, 0.5) is 5.69 Å². The highest BCUT2D eigenvalue weighted by Crippen LogP contribution is 2.37. The van der Waals surface area contributed by atoms with Crippen LogP contribution in [0, 0.1) is 0 Å². The van der Waals surface area contributed by atoms with E-state index in [1.165, 1.54) is 49.9 Å². The van der Waals surface area contributed by atoms with Crippen LogP contribution < -0.4 is 4.90 Å². The summed E-state index contributed by atoms with van der Waals surface area (Å²) in [7, 11) is 0. The normalized spacial score (nSPS) is 21.1. The molecule has 16 heavy (non-hydrogen) atoms. The van der Waals surface area contributed by atoms with Gasteiger partial charge in [-0.3, -0.25) is 0 Å². The summed E-state index contributed by atoms with van der Waals surface area (Å²) in [5, 5.41) is 9.89. The van der Waals surface area contributed by atoms with Gasteiger partial charge in [-0.15, -0.1) is 0 Å². The fraction of sp³-hybridized carbons (Fsp3) is 0.571. The summed E-state index contributed by atoms with van der Waals surface area (Å²) in [6.45, 7) is 1.17. The van der Waals surface area contributed by atoms with Crippen molar-refractivity contribution < 1.29 is 5.11 Å².